The molecule has 0 amide bonds. The molecule has 0 radical (unpaired) electrons. The second kappa shape index (κ2) is 6.74. The molecule has 3 heteroatoms. The van der Waals surface area contributed by atoms with Crippen LogP contribution in [0, 0.1) is 12.8 Å². The van der Waals surface area contributed by atoms with Crippen molar-refractivity contribution in [1.29, 1.82) is 0 Å². The van der Waals surface area contributed by atoms with Gasteiger partial charge in [0.25, 0.3) is 0 Å². The van der Waals surface area contributed by atoms with Gasteiger partial charge in [-0.25, -0.2) is 0 Å². The fraction of sp³-hybridized carbons (Fsp3) is 0.625. The first kappa shape index (κ1) is 14.8. The van der Waals surface area contributed by atoms with E-state index in [1.54, 1.807) is 0 Å². The molecule has 0 aromatic heterocycles. The lowest BCUT2D eigenvalue weighted by molar-refractivity contribution is -0.0280. The van der Waals surface area contributed by atoms with Gasteiger partial charge in [-0.1, -0.05) is 23.7 Å². The largest absolute Gasteiger partial charge is 0.378 e. The van der Waals surface area contributed by atoms with Crippen LogP contribution in [0.5, 0.6) is 0 Å². The number of aryl methyl sites for hydroxylation is 1. The highest BCUT2D eigenvalue weighted by atomic mass is 35.5. The molecule has 106 valence electrons. The van der Waals surface area contributed by atoms with Gasteiger partial charge in [-0.05, 0) is 62.6 Å². The molecule has 0 aliphatic heterocycles. The highest BCUT2D eigenvalue weighted by Crippen LogP contribution is 2.34. The van der Waals surface area contributed by atoms with E-state index < -0.39 is 0 Å². The summed E-state index contributed by atoms with van der Waals surface area (Å²) in [5.41, 5.74) is 8.61. The zero-order valence-corrected chi connectivity index (χ0v) is 12.6. The zero-order chi connectivity index (χ0) is 13.8. The van der Waals surface area contributed by atoms with Gasteiger partial charge in [0.15, 0.2) is 0 Å². The molecular weight excluding hydrogens is 258 g/mol. The topological polar surface area (TPSA) is 35.2 Å². The third kappa shape index (κ3) is 4.20. The van der Waals surface area contributed by atoms with E-state index in [4.69, 9.17) is 22.1 Å². The quantitative estimate of drug-likeness (QED) is 0.862. The molecule has 1 fully saturated rings. The number of hydrogen-bond donors (Lipinski definition) is 1. The Morgan fingerprint density at radius 2 is 2.16 bits per heavy atom. The molecule has 0 bridgehead atoms. The molecule has 1 unspecified atom stereocenters. The lowest BCUT2D eigenvalue weighted by Gasteiger charge is -2.36. The number of ether oxygens (including phenoxy) is 1. The van der Waals surface area contributed by atoms with Crippen molar-refractivity contribution in [3.8, 4) is 0 Å². The summed E-state index contributed by atoms with van der Waals surface area (Å²) in [7, 11) is 0. The minimum Gasteiger partial charge on any atom is -0.378 e. The average molecular weight is 282 g/mol. The van der Waals surface area contributed by atoms with Gasteiger partial charge in [0.05, 0.1) is 6.10 Å². The van der Waals surface area contributed by atoms with E-state index in [1.165, 1.54) is 24.0 Å². The molecular formula is C16H24ClNO. The van der Waals surface area contributed by atoms with Gasteiger partial charge in [0.1, 0.15) is 0 Å². The Bertz CT molecular complexity index is 415. The number of benzene rings is 1. The van der Waals surface area contributed by atoms with Crippen molar-refractivity contribution in [3.05, 3.63) is 34.3 Å². The van der Waals surface area contributed by atoms with Gasteiger partial charge in [0.2, 0.25) is 0 Å². The van der Waals surface area contributed by atoms with Gasteiger partial charge in [-0.3, -0.25) is 0 Å². The number of nitrogens with two attached hydrogens (primary N) is 1. The molecule has 1 aliphatic carbocycles. The van der Waals surface area contributed by atoms with E-state index in [1.807, 2.05) is 6.07 Å². The third-order valence-corrected chi connectivity index (χ3v) is 4.27. The van der Waals surface area contributed by atoms with E-state index in [9.17, 15) is 0 Å². The first-order valence-corrected chi connectivity index (χ1v) is 7.58. The average Bonchev–Trinajstić information content (AvgIpc) is 2.30. The summed E-state index contributed by atoms with van der Waals surface area (Å²) in [6, 6.07) is 6.41. The third-order valence-electron chi connectivity index (χ3n) is 3.92. The van der Waals surface area contributed by atoms with E-state index >= 15 is 0 Å². The fourth-order valence-corrected chi connectivity index (χ4v) is 3.16. The molecule has 0 spiro atoms. The lowest BCUT2D eigenvalue weighted by atomic mass is 9.77. The summed E-state index contributed by atoms with van der Waals surface area (Å²) in [6.07, 6.45) is 4.76. The highest BCUT2D eigenvalue weighted by molar-refractivity contribution is 6.31. The number of halogens is 1. The minimum atomic E-state index is 0.202. The standard InChI is InChI=1S/C16H24ClNO/c1-3-19-15-8-12(9-15)7-14(18)10-13-5-4-11(2)6-16(13)17/h4-6,12,14-15H,3,7-10,18H2,1-2H3. The SMILES string of the molecule is CCOC1CC(CC(N)Cc2ccc(C)cc2Cl)C1. The van der Waals surface area contributed by atoms with Crippen molar-refractivity contribution in [2.45, 2.75) is 51.7 Å². The fourth-order valence-electron chi connectivity index (χ4n) is 2.85. The molecule has 1 aliphatic rings. The van der Waals surface area contributed by atoms with E-state index in [0.29, 0.717) is 6.10 Å². The van der Waals surface area contributed by atoms with Crippen LogP contribution in [0.2, 0.25) is 5.02 Å². The van der Waals surface area contributed by atoms with Crippen LogP contribution < -0.4 is 5.73 Å². The number of rotatable bonds is 6. The molecule has 1 saturated carbocycles. The smallest absolute Gasteiger partial charge is 0.0580 e. The first-order valence-electron chi connectivity index (χ1n) is 7.20. The van der Waals surface area contributed by atoms with Crippen LogP contribution in [0.3, 0.4) is 0 Å². The summed E-state index contributed by atoms with van der Waals surface area (Å²) in [5, 5.41) is 0.844. The maximum atomic E-state index is 6.25. The second-order valence-corrected chi connectivity index (χ2v) is 6.12. The Kier molecular flexibility index (Phi) is 5.26. The minimum absolute atomic E-state index is 0.202. The predicted octanol–water partition coefficient (Wildman–Crippen LogP) is 3.72. The summed E-state index contributed by atoms with van der Waals surface area (Å²) >= 11 is 6.25. The molecule has 1 atom stereocenters. The van der Waals surface area contributed by atoms with Crippen molar-refractivity contribution in [2.24, 2.45) is 11.7 Å². The van der Waals surface area contributed by atoms with Crippen LogP contribution >= 0.6 is 11.6 Å². The van der Waals surface area contributed by atoms with Crippen molar-refractivity contribution in [2.75, 3.05) is 6.61 Å². The predicted molar refractivity (Wildman–Crippen MR) is 80.6 cm³/mol. The van der Waals surface area contributed by atoms with Gasteiger partial charge in [0, 0.05) is 17.7 Å². The monoisotopic (exact) mass is 281 g/mol. The van der Waals surface area contributed by atoms with Crippen LogP contribution in [-0.4, -0.2) is 18.8 Å². The Morgan fingerprint density at radius 3 is 2.79 bits per heavy atom. The van der Waals surface area contributed by atoms with E-state index in [2.05, 4.69) is 26.0 Å². The molecule has 0 heterocycles. The van der Waals surface area contributed by atoms with Crippen LogP contribution in [0.25, 0.3) is 0 Å². The summed E-state index contributed by atoms with van der Waals surface area (Å²) in [5.74, 6) is 0.732. The maximum Gasteiger partial charge on any atom is 0.0580 e. The van der Waals surface area contributed by atoms with E-state index in [-0.39, 0.29) is 6.04 Å². The van der Waals surface area contributed by atoms with Gasteiger partial charge in [-0.2, -0.15) is 0 Å². The van der Waals surface area contributed by atoms with Crippen LogP contribution in [0.1, 0.15) is 37.3 Å². The van der Waals surface area contributed by atoms with Gasteiger partial charge >= 0.3 is 0 Å². The Morgan fingerprint density at radius 1 is 1.42 bits per heavy atom. The second-order valence-electron chi connectivity index (χ2n) is 5.71. The first-order chi connectivity index (χ1) is 9.08. The van der Waals surface area contributed by atoms with Crippen molar-refractivity contribution < 1.29 is 4.74 Å². The molecule has 1 aromatic carbocycles. The number of hydrogen-bond acceptors (Lipinski definition) is 2. The highest BCUT2D eigenvalue weighted by Gasteiger charge is 2.30. The summed E-state index contributed by atoms with van der Waals surface area (Å²) < 4.78 is 5.58. The van der Waals surface area contributed by atoms with Crippen molar-refractivity contribution in [3.63, 3.8) is 0 Å². The van der Waals surface area contributed by atoms with Crippen LogP contribution in [-0.2, 0) is 11.2 Å². The lowest BCUT2D eigenvalue weighted by Crippen LogP contribution is -2.36. The molecule has 19 heavy (non-hydrogen) atoms. The molecule has 1 aromatic rings. The van der Waals surface area contributed by atoms with Gasteiger partial charge < -0.3 is 10.5 Å². The Balaban J connectivity index is 1.77. The normalized spacial score (nSPS) is 24.0. The Labute approximate surface area is 121 Å². The summed E-state index contributed by atoms with van der Waals surface area (Å²) in [4.78, 5) is 0. The van der Waals surface area contributed by atoms with Crippen molar-refractivity contribution in [1.82, 2.24) is 0 Å². The molecule has 2 N–H and O–H groups in total. The van der Waals surface area contributed by atoms with Crippen LogP contribution in [0.4, 0.5) is 0 Å². The molecule has 2 rings (SSSR count). The molecule has 0 saturated heterocycles. The zero-order valence-electron chi connectivity index (χ0n) is 11.9. The van der Waals surface area contributed by atoms with Crippen molar-refractivity contribution >= 4 is 11.6 Å². The molecule has 2 nitrogen and oxygen atoms in total. The maximum absolute atomic E-state index is 6.25. The van der Waals surface area contributed by atoms with Gasteiger partial charge in [-0.15, -0.1) is 0 Å². The van der Waals surface area contributed by atoms with E-state index in [0.717, 1.165) is 30.4 Å². The Hall–Kier alpha value is -0.570. The van der Waals surface area contributed by atoms with Crippen LogP contribution in [0.15, 0.2) is 18.2 Å². The summed E-state index contributed by atoms with van der Waals surface area (Å²) in [6.45, 7) is 4.93.